The van der Waals surface area contributed by atoms with Gasteiger partial charge in [-0.15, -0.1) is 0 Å². The molecule has 4 rings (SSSR count). The van der Waals surface area contributed by atoms with E-state index in [0.29, 0.717) is 18.8 Å². The molecule has 0 spiro atoms. The van der Waals surface area contributed by atoms with E-state index in [1.807, 2.05) is 6.92 Å². The number of rotatable bonds is 3. The van der Waals surface area contributed by atoms with E-state index in [0.717, 1.165) is 12.0 Å². The lowest BCUT2D eigenvalue weighted by Gasteiger charge is -2.34. The summed E-state index contributed by atoms with van der Waals surface area (Å²) in [5.41, 5.74) is 1.67. The molecule has 1 amide bonds. The van der Waals surface area contributed by atoms with Crippen molar-refractivity contribution in [1.82, 2.24) is 18.9 Å². The van der Waals surface area contributed by atoms with E-state index in [1.54, 1.807) is 41.4 Å². The summed E-state index contributed by atoms with van der Waals surface area (Å²) in [6.45, 7) is 3.16. The second-order valence-electron chi connectivity index (χ2n) is 6.55. The van der Waals surface area contributed by atoms with Crippen LogP contribution in [-0.4, -0.2) is 52.9 Å². The lowest BCUT2D eigenvalue weighted by Crippen LogP contribution is -2.46. The van der Waals surface area contributed by atoms with Crippen molar-refractivity contribution in [3.05, 3.63) is 48.0 Å². The van der Waals surface area contributed by atoms with Gasteiger partial charge in [0.05, 0.1) is 36.6 Å². The van der Waals surface area contributed by atoms with E-state index in [2.05, 4.69) is 4.98 Å². The van der Waals surface area contributed by atoms with Gasteiger partial charge in [-0.2, -0.15) is 4.31 Å². The molecule has 138 valence electrons. The smallest absolute Gasteiger partial charge is 0.270 e. The predicted molar refractivity (Wildman–Crippen MR) is 92.3 cm³/mol. The Bertz CT molecular complexity index is 916. The van der Waals surface area contributed by atoms with E-state index >= 15 is 0 Å². The number of sulfonamides is 1. The van der Waals surface area contributed by atoms with Gasteiger partial charge in [-0.05, 0) is 25.5 Å². The minimum absolute atomic E-state index is 0.0538. The summed E-state index contributed by atoms with van der Waals surface area (Å²) in [7, 11) is -3.71. The molecule has 0 unspecified atom stereocenters. The number of imidazole rings is 1. The predicted octanol–water partition coefficient (Wildman–Crippen LogP) is 1.10. The van der Waals surface area contributed by atoms with Gasteiger partial charge < -0.3 is 4.57 Å². The second kappa shape index (κ2) is 6.49. The fourth-order valence-corrected chi connectivity index (χ4v) is 4.71. The van der Waals surface area contributed by atoms with Crippen LogP contribution in [0.25, 0.3) is 0 Å². The normalized spacial score (nSPS) is 21.0. The molecule has 3 heterocycles. The standard InChI is InChI=1S/C17H20N4O4S/c1-13-3-5-15(6-4-13)26(23,24)19-10-14-9-18-12-20(14)16(11-19)17(22)21-7-2-8-25-21/h3-6,9,12,16H,2,7-8,10-11H2,1H3/t16-/m1/s1. The van der Waals surface area contributed by atoms with Crippen LogP contribution in [-0.2, 0) is 26.2 Å². The van der Waals surface area contributed by atoms with Gasteiger partial charge in [0.25, 0.3) is 5.91 Å². The third-order valence-corrected chi connectivity index (χ3v) is 6.57. The zero-order valence-corrected chi connectivity index (χ0v) is 15.2. The molecule has 8 nitrogen and oxygen atoms in total. The highest BCUT2D eigenvalue weighted by Gasteiger charge is 2.39. The molecule has 1 aromatic carbocycles. The molecular weight excluding hydrogens is 356 g/mol. The molecule has 9 heteroatoms. The van der Waals surface area contributed by atoms with Crippen molar-refractivity contribution < 1.29 is 18.0 Å². The van der Waals surface area contributed by atoms with Gasteiger partial charge in [-0.25, -0.2) is 18.5 Å². The third kappa shape index (κ3) is 2.91. The van der Waals surface area contributed by atoms with Crippen LogP contribution in [0.3, 0.4) is 0 Å². The highest BCUT2D eigenvalue weighted by Crippen LogP contribution is 2.28. The van der Waals surface area contributed by atoms with E-state index in [-0.39, 0.29) is 23.9 Å². The summed E-state index contributed by atoms with van der Waals surface area (Å²) in [6.07, 6.45) is 3.95. The number of fused-ring (bicyclic) bond motifs is 1. The number of aryl methyl sites for hydroxylation is 1. The van der Waals surface area contributed by atoms with E-state index in [1.165, 1.54) is 9.37 Å². The highest BCUT2D eigenvalue weighted by atomic mass is 32.2. The summed E-state index contributed by atoms with van der Waals surface area (Å²) in [5, 5.41) is 1.33. The zero-order valence-electron chi connectivity index (χ0n) is 14.4. The molecule has 0 radical (unpaired) electrons. The maximum absolute atomic E-state index is 13.1. The highest BCUT2D eigenvalue weighted by molar-refractivity contribution is 7.89. The summed E-state index contributed by atoms with van der Waals surface area (Å²) in [6, 6.07) is 6.04. The van der Waals surface area contributed by atoms with Crippen molar-refractivity contribution in [1.29, 1.82) is 0 Å². The maximum Gasteiger partial charge on any atom is 0.270 e. The van der Waals surface area contributed by atoms with Gasteiger partial charge in [0.15, 0.2) is 0 Å². The summed E-state index contributed by atoms with van der Waals surface area (Å²) >= 11 is 0. The third-order valence-electron chi connectivity index (χ3n) is 4.74. The Morgan fingerprint density at radius 3 is 2.73 bits per heavy atom. The summed E-state index contributed by atoms with van der Waals surface area (Å²) < 4.78 is 29.2. The number of hydrogen-bond donors (Lipinski definition) is 0. The first kappa shape index (κ1) is 17.2. The minimum Gasteiger partial charge on any atom is -0.319 e. The Balaban J connectivity index is 1.66. The van der Waals surface area contributed by atoms with Gasteiger partial charge >= 0.3 is 0 Å². The van der Waals surface area contributed by atoms with Crippen LogP contribution in [0.4, 0.5) is 0 Å². The number of carbonyl (C=O) groups is 1. The number of hydroxylamine groups is 2. The molecule has 0 bridgehead atoms. The first-order valence-electron chi connectivity index (χ1n) is 8.48. The SMILES string of the molecule is Cc1ccc(S(=O)(=O)N2Cc3cncn3[C@@H](C(=O)N3CCCO3)C2)cc1. The molecule has 2 aromatic rings. The van der Waals surface area contributed by atoms with Gasteiger partial charge in [-0.1, -0.05) is 17.7 Å². The van der Waals surface area contributed by atoms with Crippen LogP contribution in [0.2, 0.25) is 0 Å². The number of nitrogens with zero attached hydrogens (tertiary/aromatic N) is 4. The molecule has 1 aromatic heterocycles. The fraction of sp³-hybridized carbons (Fsp3) is 0.412. The molecule has 0 aliphatic carbocycles. The van der Waals surface area contributed by atoms with Crippen LogP contribution in [0.15, 0.2) is 41.7 Å². The molecule has 1 fully saturated rings. The summed E-state index contributed by atoms with van der Waals surface area (Å²) in [5.74, 6) is -0.245. The average molecular weight is 376 g/mol. The van der Waals surface area contributed by atoms with Crippen molar-refractivity contribution in [2.45, 2.75) is 30.8 Å². The maximum atomic E-state index is 13.1. The van der Waals surface area contributed by atoms with Gasteiger partial charge in [0.2, 0.25) is 10.0 Å². The van der Waals surface area contributed by atoms with Crippen molar-refractivity contribution >= 4 is 15.9 Å². The lowest BCUT2D eigenvalue weighted by molar-refractivity contribution is -0.173. The first-order valence-corrected chi connectivity index (χ1v) is 9.92. The van der Waals surface area contributed by atoms with Crippen molar-refractivity contribution in [2.24, 2.45) is 0 Å². The Labute approximate surface area is 152 Å². The average Bonchev–Trinajstić information content (AvgIpc) is 3.32. The zero-order chi connectivity index (χ0) is 18.3. The van der Waals surface area contributed by atoms with E-state index < -0.39 is 16.1 Å². The molecule has 2 aliphatic heterocycles. The number of benzene rings is 1. The van der Waals surface area contributed by atoms with Crippen molar-refractivity contribution in [3.8, 4) is 0 Å². The molecule has 1 saturated heterocycles. The monoisotopic (exact) mass is 376 g/mol. The van der Waals surface area contributed by atoms with Crippen LogP contribution < -0.4 is 0 Å². The number of aromatic nitrogens is 2. The topological polar surface area (TPSA) is 84.7 Å². The van der Waals surface area contributed by atoms with E-state index in [9.17, 15) is 13.2 Å². The molecule has 0 saturated carbocycles. The van der Waals surface area contributed by atoms with Gasteiger partial charge in [0, 0.05) is 12.7 Å². The molecule has 2 aliphatic rings. The number of amides is 1. The van der Waals surface area contributed by atoms with Crippen molar-refractivity contribution in [3.63, 3.8) is 0 Å². The van der Waals surface area contributed by atoms with Crippen LogP contribution in [0.1, 0.15) is 23.7 Å². The van der Waals surface area contributed by atoms with Crippen LogP contribution in [0.5, 0.6) is 0 Å². The molecule has 1 atom stereocenters. The molecular formula is C17H20N4O4S. The molecule has 0 N–H and O–H groups in total. The quantitative estimate of drug-likeness (QED) is 0.801. The number of hydrogen-bond acceptors (Lipinski definition) is 5. The Hall–Kier alpha value is -2.23. The van der Waals surface area contributed by atoms with Crippen molar-refractivity contribution in [2.75, 3.05) is 19.7 Å². The van der Waals surface area contributed by atoms with Gasteiger partial charge in [-0.3, -0.25) is 9.63 Å². The van der Waals surface area contributed by atoms with Crippen LogP contribution >= 0.6 is 0 Å². The number of carbonyl (C=O) groups excluding carboxylic acids is 1. The minimum atomic E-state index is -3.71. The van der Waals surface area contributed by atoms with E-state index in [4.69, 9.17) is 4.84 Å². The Kier molecular flexibility index (Phi) is 4.29. The first-order chi connectivity index (χ1) is 12.5. The molecule has 26 heavy (non-hydrogen) atoms. The van der Waals surface area contributed by atoms with Gasteiger partial charge in [0.1, 0.15) is 6.04 Å². The Morgan fingerprint density at radius 1 is 1.27 bits per heavy atom. The summed E-state index contributed by atoms with van der Waals surface area (Å²) in [4.78, 5) is 22.5. The largest absolute Gasteiger partial charge is 0.319 e. The lowest BCUT2D eigenvalue weighted by atomic mass is 10.2. The Morgan fingerprint density at radius 2 is 2.04 bits per heavy atom. The fourth-order valence-electron chi connectivity index (χ4n) is 3.29. The van der Waals surface area contributed by atoms with Crippen LogP contribution in [0, 0.1) is 6.92 Å². The second-order valence-corrected chi connectivity index (χ2v) is 8.48.